The number of halogens is 1. The zero-order valence-corrected chi connectivity index (χ0v) is 11.2. The van der Waals surface area contributed by atoms with Crippen LogP contribution in [0.25, 0.3) is 0 Å². The zero-order chi connectivity index (χ0) is 13.3. The largest absolute Gasteiger partial charge is 0.358 e. The number of nitro groups is 1. The molecule has 0 unspecified atom stereocenters. The summed E-state index contributed by atoms with van der Waals surface area (Å²) in [6, 6.07) is 5.67. The topological polar surface area (TPSA) is 63.0 Å². The van der Waals surface area contributed by atoms with Gasteiger partial charge in [-0.15, -0.1) is 0 Å². The van der Waals surface area contributed by atoms with Gasteiger partial charge in [-0.25, -0.2) is 0 Å². The van der Waals surface area contributed by atoms with E-state index in [-0.39, 0.29) is 5.69 Å². The van der Waals surface area contributed by atoms with Crippen molar-refractivity contribution in [3.63, 3.8) is 0 Å². The average Bonchev–Trinajstić information content (AvgIpc) is 2.27. The second-order valence-corrected chi connectivity index (χ2v) is 5.35. The van der Waals surface area contributed by atoms with Gasteiger partial charge < -0.3 is 10.2 Å². The minimum absolute atomic E-state index is 0.0356. The van der Waals surface area contributed by atoms with Crippen LogP contribution in [-0.4, -0.2) is 30.1 Å². The summed E-state index contributed by atoms with van der Waals surface area (Å²) >= 11 is 6.15. The highest BCUT2D eigenvalue weighted by Gasteiger charge is 2.26. The molecule has 1 saturated heterocycles. The molecule has 98 valence electrons. The molecule has 2 atom stereocenters. The minimum Gasteiger partial charge on any atom is -0.358 e. The maximum absolute atomic E-state index is 10.7. The van der Waals surface area contributed by atoms with Gasteiger partial charge in [-0.2, -0.15) is 0 Å². The van der Waals surface area contributed by atoms with E-state index < -0.39 is 4.92 Å². The van der Waals surface area contributed by atoms with Gasteiger partial charge in [0.2, 0.25) is 0 Å². The summed E-state index contributed by atoms with van der Waals surface area (Å²) in [6.07, 6.45) is 0. The molecular formula is C12H17ClN3O2+. The molecule has 0 saturated carbocycles. The molecular weight excluding hydrogens is 254 g/mol. The molecule has 0 radical (unpaired) electrons. The van der Waals surface area contributed by atoms with Crippen LogP contribution in [-0.2, 0) is 0 Å². The highest BCUT2D eigenvalue weighted by molar-refractivity contribution is 6.33. The van der Waals surface area contributed by atoms with Gasteiger partial charge >= 0.3 is 0 Å². The molecule has 1 fully saturated rings. The molecule has 1 aliphatic rings. The van der Waals surface area contributed by atoms with E-state index in [2.05, 4.69) is 24.1 Å². The smallest absolute Gasteiger partial charge is 0.271 e. The third kappa shape index (κ3) is 2.73. The van der Waals surface area contributed by atoms with Crippen molar-refractivity contribution >= 4 is 23.0 Å². The SMILES string of the molecule is C[C@@H]1CN(c2ccc([N+](=O)[O-])cc2Cl)C[C@H](C)[NH2+]1. The second-order valence-electron chi connectivity index (χ2n) is 4.94. The van der Waals surface area contributed by atoms with Gasteiger partial charge in [0.25, 0.3) is 5.69 Å². The van der Waals surface area contributed by atoms with Crippen LogP contribution in [0.15, 0.2) is 18.2 Å². The van der Waals surface area contributed by atoms with Crippen LogP contribution in [0.2, 0.25) is 5.02 Å². The lowest BCUT2D eigenvalue weighted by Crippen LogP contribution is -2.99. The first kappa shape index (κ1) is 13.1. The number of benzene rings is 1. The van der Waals surface area contributed by atoms with Gasteiger partial charge in [-0.3, -0.25) is 10.1 Å². The quantitative estimate of drug-likeness (QED) is 0.653. The molecule has 1 aromatic rings. The normalized spacial score (nSPS) is 24.1. The number of nitrogens with zero attached hydrogens (tertiary/aromatic N) is 2. The fourth-order valence-corrected chi connectivity index (χ4v) is 2.81. The molecule has 0 aromatic heterocycles. The van der Waals surface area contributed by atoms with E-state index >= 15 is 0 Å². The van der Waals surface area contributed by atoms with Crippen LogP contribution < -0.4 is 10.2 Å². The van der Waals surface area contributed by atoms with E-state index in [1.165, 1.54) is 12.1 Å². The van der Waals surface area contributed by atoms with E-state index in [0.29, 0.717) is 17.1 Å². The monoisotopic (exact) mass is 270 g/mol. The Morgan fingerprint density at radius 1 is 1.39 bits per heavy atom. The molecule has 0 amide bonds. The van der Waals surface area contributed by atoms with E-state index in [1.807, 2.05) is 0 Å². The molecule has 0 spiro atoms. The van der Waals surface area contributed by atoms with Gasteiger partial charge in [0.15, 0.2) is 0 Å². The summed E-state index contributed by atoms with van der Waals surface area (Å²) in [6.45, 7) is 6.15. The van der Waals surface area contributed by atoms with Crippen molar-refractivity contribution in [2.75, 3.05) is 18.0 Å². The number of hydrogen-bond donors (Lipinski definition) is 1. The highest BCUT2D eigenvalue weighted by atomic mass is 35.5. The number of nitrogens with two attached hydrogens (primary N) is 1. The van der Waals surface area contributed by atoms with Crippen molar-refractivity contribution in [2.24, 2.45) is 0 Å². The average molecular weight is 271 g/mol. The van der Waals surface area contributed by atoms with Gasteiger partial charge in [0.1, 0.15) is 12.1 Å². The van der Waals surface area contributed by atoms with Gasteiger partial charge in [-0.05, 0) is 19.9 Å². The standard InChI is InChI=1S/C12H16ClN3O2/c1-8-6-15(7-9(2)14-8)12-4-3-10(16(17)18)5-11(12)13/h3-5,8-9,14H,6-7H2,1-2H3/p+1/t8-,9+. The first-order chi connectivity index (χ1) is 8.47. The van der Waals surface area contributed by atoms with Crippen molar-refractivity contribution in [3.8, 4) is 0 Å². The van der Waals surface area contributed by atoms with E-state index in [9.17, 15) is 10.1 Å². The third-order valence-corrected chi connectivity index (χ3v) is 3.46. The Morgan fingerprint density at radius 2 is 2.00 bits per heavy atom. The lowest BCUT2D eigenvalue weighted by Gasteiger charge is -2.35. The summed E-state index contributed by atoms with van der Waals surface area (Å²) in [5.41, 5.74) is 0.919. The van der Waals surface area contributed by atoms with Gasteiger partial charge in [-0.1, -0.05) is 11.6 Å². The number of rotatable bonds is 2. The summed E-state index contributed by atoms with van der Waals surface area (Å²) in [5.74, 6) is 0. The summed E-state index contributed by atoms with van der Waals surface area (Å²) in [4.78, 5) is 12.4. The Hall–Kier alpha value is -1.33. The predicted octanol–water partition coefficient (Wildman–Crippen LogP) is 1.41. The van der Waals surface area contributed by atoms with E-state index in [4.69, 9.17) is 11.6 Å². The van der Waals surface area contributed by atoms with Crippen molar-refractivity contribution < 1.29 is 10.2 Å². The van der Waals surface area contributed by atoms with E-state index in [0.717, 1.165) is 18.8 Å². The zero-order valence-electron chi connectivity index (χ0n) is 10.5. The summed E-state index contributed by atoms with van der Waals surface area (Å²) in [7, 11) is 0. The molecule has 1 aromatic carbocycles. The molecule has 1 aliphatic heterocycles. The third-order valence-electron chi connectivity index (χ3n) is 3.16. The molecule has 18 heavy (non-hydrogen) atoms. The Balaban J connectivity index is 2.25. The highest BCUT2D eigenvalue weighted by Crippen LogP contribution is 2.30. The Labute approximate surface area is 111 Å². The lowest BCUT2D eigenvalue weighted by molar-refractivity contribution is -0.716. The Bertz CT molecular complexity index is 457. The number of piperazine rings is 1. The van der Waals surface area contributed by atoms with Crippen LogP contribution in [0, 0.1) is 10.1 Å². The van der Waals surface area contributed by atoms with Crippen molar-refractivity contribution in [1.82, 2.24) is 0 Å². The molecule has 2 N–H and O–H groups in total. The van der Waals surface area contributed by atoms with Gasteiger partial charge in [0, 0.05) is 12.1 Å². The summed E-state index contributed by atoms with van der Waals surface area (Å²) in [5, 5.41) is 13.5. The maximum atomic E-state index is 10.7. The van der Waals surface area contributed by atoms with Crippen LogP contribution in [0.3, 0.4) is 0 Å². The number of nitro benzene ring substituents is 1. The molecule has 0 bridgehead atoms. The number of anilines is 1. The molecule has 5 nitrogen and oxygen atoms in total. The van der Waals surface area contributed by atoms with Crippen molar-refractivity contribution in [1.29, 1.82) is 0 Å². The van der Waals surface area contributed by atoms with E-state index in [1.54, 1.807) is 6.07 Å². The number of hydrogen-bond acceptors (Lipinski definition) is 3. The minimum atomic E-state index is -0.426. The van der Waals surface area contributed by atoms with Gasteiger partial charge in [0.05, 0.1) is 28.7 Å². The molecule has 0 aliphatic carbocycles. The van der Waals surface area contributed by atoms with Crippen LogP contribution in [0.1, 0.15) is 13.8 Å². The van der Waals surface area contributed by atoms with Crippen LogP contribution in [0.4, 0.5) is 11.4 Å². The van der Waals surface area contributed by atoms with Crippen molar-refractivity contribution in [3.05, 3.63) is 33.3 Å². The Morgan fingerprint density at radius 3 is 2.50 bits per heavy atom. The first-order valence-corrected chi connectivity index (χ1v) is 6.39. The molecule has 6 heteroatoms. The fourth-order valence-electron chi connectivity index (χ4n) is 2.51. The van der Waals surface area contributed by atoms with Crippen molar-refractivity contribution in [2.45, 2.75) is 25.9 Å². The number of non-ortho nitro benzene ring substituents is 1. The Kier molecular flexibility index (Phi) is 3.73. The first-order valence-electron chi connectivity index (χ1n) is 6.01. The second kappa shape index (κ2) is 5.12. The molecule has 1 heterocycles. The maximum Gasteiger partial charge on any atom is 0.271 e. The van der Waals surface area contributed by atoms with Crippen LogP contribution >= 0.6 is 11.6 Å². The number of quaternary nitrogens is 1. The van der Waals surface area contributed by atoms with Crippen LogP contribution in [0.5, 0.6) is 0 Å². The molecule has 2 rings (SSSR count). The fraction of sp³-hybridized carbons (Fsp3) is 0.500. The predicted molar refractivity (Wildman–Crippen MR) is 71.2 cm³/mol. The summed E-state index contributed by atoms with van der Waals surface area (Å²) < 4.78 is 0. The lowest BCUT2D eigenvalue weighted by atomic mass is 10.1.